The third-order valence-electron chi connectivity index (χ3n) is 5.16. The van der Waals surface area contributed by atoms with E-state index in [9.17, 15) is 0 Å². The molecular formula is C21H24N6. The number of hydrogen-bond donors (Lipinski definition) is 1. The van der Waals surface area contributed by atoms with E-state index >= 15 is 0 Å². The Hall–Kier alpha value is -3.15. The molecule has 3 aromatic heterocycles. The van der Waals surface area contributed by atoms with Crippen LogP contribution in [0, 0.1) is 13.8 Å². The summed E-state index contributed by atoms with van der Waals surface area (Å²) in [6.45, 7) is 6.35. The predicted molar refractivity (Wildman–Crippen MR) is 109 cm³/mol. The van der Waals surface area contributed by atoms with E-state index < -0.39 is 0 Å². The molecule has 0 saturated carbocycles. The number of hydrogen-bond acceptors (Lipinski definition) is 4. The van der Waals surface area contributed by atoms with Crippen molar-refractivity contribution in [2.24, 2.45) is 14.1 Å². The molecule has 4 aromatic rings. The second kappa shape index (κ2) is 6.54. The molecule has 138 valence electrons. The van der Waals surface area contributed by atoms with Crippen molar-refractivity contribution in [3.05, 3.63) is 53.7 Å². The van der Waals surface area contributed by atoms with Gasteiger partial charge < -0.3 is 9.88 Å². The summed E-state index contributed by atoms with van der Waals surface area (Å²) in [7, 11) is 3.98. The Morgan fingerprint density at radius 3 is 2.59 bits per heavy atom. The zero-order valence-electron chi connectivity index (χ0n) is 16.4. The number of rotatable bonds is 4. The molecule has 0 spiro atoms. The standard InChI is InChI=1S/C21H24N6/c1-6-15-9-16(21-13(2)25-27(5)14(21)3)7-8-17(15)24-20-10-19-18(11-22-20)23-12-26(19)4/h7-12H,6H2,1-5H3,(H,22,24). The van der Waals surface area contributed by atoms with E-state index in [1.807, 2.05) is 29.4 Å². The van der Waals surface area contributed by atoms with Gasteiger partial charge in [-0.3, -0.25) is 4.68 Å². The average molecular weight is 360 g/mol. The molecule has 4 rings (SSSR count). The zero-order valence-corrected chi connectivity index (χ0v) is 16.4. The van der Waals surface area contributed by atoms with Crippen LogP contribution in [0.25, 0.3) is 22.2 Å². The largest absolute Gasteiger partial charge is 0.340 e. The molecule has 6 heteroatoms. The normalized spacial score (nSPS) is 11.3. The third kappa shape index (κ3) is 2.97. The number of nitrogens with zero attached hydrogens (tertiary/aromatic N) is 5. The Morgan fingerprint density at radius 2 is 1.89 bits per heavy atom. The van der Waals surface area contributed by atoms with Gasteiger partial charge in [-0.1, -0.05) is 13.0 Å². The van der Waals surface area contributed by atoms with Crippen molar-refractivity contribution < 1.29 is 0 Å². The molecule has 0 amide bonds. The monoisotopic (exact) mass is 360 g/mol. The van der Waals surface area contributed by atoms with Gasteiger partial charge in [-0.25, -0.2) is 9.97 Å². The van der Waals surface area contributed by atoms with E-state index in [1.54, 1.807) is 12.5 Å². The molecule has 27 heavy (non-hydrogen) atoms. The Labute approximate surface area is 158 Å². The van der Waals surface area contributed by atoms with E-state index in [0.29, 0.717) is 0 Å². The van der Waals surface area contributed by atoms with Crippen LogP contribution >= 0.6 is 0 Å². The van der Waals surface area contributed by atoms with E-state index in [4.69, 9.17) is 0 Å². The van der Waals surface area contributed by atoms with E-state index in [2.05, 4.69) is 59.4 Å². The predicted octanol–water partition coefficient (Wildman–Crippen LogP) is 4.29. The summed E-state index contributed by atoms with van der Waals surface area (Å²) in [5.41, 5.74) is 8.94. The molecule has 1 aromatic carbocycles. The lowest BCUT2D eigenvalue weighted by Gasteiger charge is -2.13. The van der Waals surface area contributed by atoms with Crippen LogP contribution < -0.4 is 5.32 Å². The van der Waals surface area contributed by atoms with Crippen LogP contribution in [-0.4, -0.2) is 24.3 Å². The van der Waals surface area contributed by atoms with Crippen LogP contribution in [0.15, 0.2) is 36.8 Å². The smallest absolute Gasteiger partial charge is 0.132 e. The SMILES string of the molecule is CCc1cc(-c2c(C)nn(C)c2C)ccc1Nc1cc2c(cn1)ncn2C. The summed E-state index contributed by atoms with van der Waals surface area (Å²) in [6.07, 6.45) is 4.55. The minimum Gasteiger partial charge on any atom is -0.340 e. The highest BCUT2D eigenvalue weighted by atomic mass is 15.3. The van der Waals surface area contributed by atoms with Crippen molar-refractivity contribution in [2.45, 2.75) is 27.2 Å². The van der Waals surface area contributed by atoms with Gasteiger partial charge in [-0.05, 0) is 43.5 Å². The molecule has 0 radical (unpaired) electrons. The lowest BCUT2D eigenvalue weighted by atomic mass is 9.99. The van der Waals surface area contributed by atoms with Crippen LogP contribution in [0.5, 0.6) is 0 Å². The quantitative estimate of drug-likeness (QED) is 0.590. The average Bonchev–Trinajstić information content (AvgIpc) is 3.15. The summed E-state index contributed by atoms with van der Waals surface area (Å²) in [5, 5.41) is 8.02. The Balaban J connectivity index is 1.71. The number of pyridine rings is 1. The highest BCUT2D eigenvalue weighted by molar-refractivity contribution is 5.79. The number of anilines is 2. The highest BCUT2D eigenvalue weighted by Gasteiger charge is 2.13. The topological polar surface area (TPSA) is 60.6 Å². The number of aryl methyl sites for hydroxylation is 4. The van der Waals surface area contributed by atoms with E-state index in [0.717, 1.165) is 34.7 Å². The summed E-state index contributed by atoms with van der Waals surface area (Å²) in [4.78, 5) is 8.83. The molecule has 0 aliphatic carbocycles. The fraction of sp³-hybridized carbons (Fsp3) is 0.286. The lowest BCUT2D eigenvalue weighted by Crippen LogP contribution is -1.99. The molecule has 1 N–H and O–H groups in total. The molecule has 6 nitrogen and oxygen atoms in total. The van der Waals surface area contributed by atoms with Gasteiger partial charge in [0.15, 0.2) is 0 Å². The van der Waals surface area contributed by atoms with Gasteiger partial charge in [0.05, 0.1) is 23.7 Å². The maximum Gasteiger partial charge on any atom is 0.132 e. The molecule has 3 heterocycles. The van der Waals surface area contributed by atoms with Gasteiger partial charge in [-0.15, -0.1) is 0 Å². The van der Waals surface area contributed by atoms with Gasteiger partial charge in [0.2, 0.25) is 0 Å². The van der Waals surface area contributed by atoms with Crippen LogP contribution in [0.4, 0.5) is 11.5 Å². The maximum atomic E-state index is 4.55. The first-order chi connectivity index (χ1) is 13.0. The van der Waals surface area contributed by atoms with Crippen LogP contribution in [0.2, 0.25) is 0 Å². The fourth-order valence-electron chi connectivity index (χ4n) is 3.59. The Kier molecular flexibility index (Phi) is 4.18. The van der Waals surface area contributed by atoms with Gasteiger partial charge in [-0.2, -0.15) is 5.10 Å². The zero-order chi connectivity index (χ0) is 19.1. The van der Waals surface area contributed by atoms with Crippen molar-refractivity contribution in [3.8, 4) is 11.1 Å². The lowest BCUT2D eigenvalue weighted by molar-refractivity contribution is 0.731. The number of fused-ring (bicyclic) bond motifs is 1. The Bertz CT molecular complexity index is 1140. The molecular weight excluding hydrogens is 336 g/mol. The van der Waals surface area contributed by atoms with Gasteiger partial charge in [0.1, 0.15) is 11.3 Å². The molecule has 0 bridgehead atoms. The second-order valence-electron chi connectivity index (χ2n) is 6.93. The Morgan fingerprint density at radius 1 is 1.07 bits per heavy atom. The minimum absolute atomic E-state index is 0.822. The van der Waals surface area contributed by atoms with Gasteiger partial charge >= 0.3 is 0 Å². The first-order valence-electron chi connectivity index (χ1n) is 9.15. The summed E-state index contributed by atoms with van der Waals surface area (Å²) >= 11 is 0. The summed E-state index contributed by atoms with van der Waals surface area (Å²) < 4.78 is 3.94. The summed E-state index contributed by atoms with van der Waals surface area (Å²) in [6, 6.07) is 8.57. The number of nitrogens with one attached hydrogen (secondary N) is 1. The van der Waals surface area contributed by atoms with Crippen molar-refractivity contribution in [2.75, 3.05) is 5.32 Å². The molecule has 0 unspecified atom stereocenters. The first-order valence-corrected chi connectivity index (χ1v) is 9.15. The van der Waals surface area contributed by atoms with Crippen LogP contribution in [-0.2, 0) is 20.5 Å². The molecule has 0 aliphatic heterocycles. The fourth-order valence-corrected chi connectivity index (χ4v) is 3.59. The summed E-state index contributed by atoms with van der Waals surface area (Å²) in [5.74, 6) is 0.822. The van der Waals surface area contributed by atoms with Crippen molar-refractivity contribution in [3.63, 3.8) is 0 Å². The molecule has 0 fully saturated rings. The van der Waals surface area contributed by atoms with Gasteiger partial charge in [0, 0.05) is 37.1 Å². The number of imidazole rings is 1. The molecule has 0 atom stereocenters. The number of benzene rings is 1. The third-order valence-corrected chi connectivity index (χ3v) is 5.16. The second-order valence-corrected chi connectivity index (χ2v) is 6.93. The van der Waals surface area contributed by atoms with Crippen LogP contribution in [0.3, 0.4) is 0 Å². The first kappa shape index (κ1) is 17.3. The molecule has 0 aliphatic rings. The van der Waals surface area contributed by atoms with Gasteiger partial charge in [0.25, 0.3) is 0 Å². The number of aromatic nitrogens is 5. The minimum atomic E-state index is 0.822. The van der Waals surface area contributed by atoms with Crippen molar-refractivity contribution >= 4 is 22.5 Å². The van der Waals surface area contributed by atoms with Crippen molar-refractivity contribution in [1.29, 1.82) is 0 Å². The molecule has 0 saturated heterocycles. The van der Waals surface area contributed by atoms with E-state index in [-0.39, 0.29) is 0 Å². The highest BCUT2D eigenvalue weighted by Crippen LogP contribution is 2.31. The van der Waals surface area contributed by atoms with Crippen LogP contribution in [0.1, 0.15) is 23.9 Å². The van der Waals surface area contributed by atoms with E-state index in [1.165, 1.54) is 22.4 Å². The maximum absolute atomic E-state index is 4.55. The van der Waals surface area contributed by atoms with Crippen molar-refractivity contribution in [1.82, 2.24) is 24.3 Å².